The van der Waals surface area contributed by atoms with Crippen LogP contribution in [0.3, 0.4) is 0 Å². The zero-order chi connectivity index (χ0) is 25.0. The zero-order valence-electron chi connectivity index (χ0n) is 21.4. The largest absolute Gasteiger partial charge is 0.491 e. The van der Waals surface area contributed by atoms with E-state index < -0.39 is 5.60 Å². The van der Waals surface area contributed by atoms with E-state index in [0.717, 1.165) is 38.6 Å². The van der Waals surface area contributed by atoms with E-state index in [1.807, 2.05) is 25.7 Å². The molecule has 33 heavy (non-hydrogen) atoms. The smallest absolute Gasteiger partial charge is 0.410 e. The number of carbonyl (C=O) groups excluding carboxylic acids is 2. The van der Waals surface area contributed by atoms with Crippen molar-refractivity contribution in [2.45, 2.75) is 71.6 Å². The minimum Gasteiger partial charge on any atom is -0.491 e. The van der Waals surface area contributed by atoms with Crippen molar-refractivity contribution >= 4 is 18.1 Å². The van der Waals surface area contributed by atoms with Gasteiger partial charge in [0.1, 0.15) is 17.6 Å². The van der Waals surface area contributed by atoms with Crippen LogP contribution in [0.1, 0.15) is 64.2 Å². The van der Waals surface area contributed by atoms with Crippen molar-refractivity contribution in [2.75, 3.05) is 46.2 Å². The Hall–Kier alpha value is -2.32. The number of hydrogen-bond acceptors (Lipinski definition) is 7. The van der Waals surface area contributed by atoms with Crippen molar-refractivity contribution < 1.29 is 23.8 Å². The highest BCUT2D eigenvalue weighted by Gasteiger charge is 2.29. The summed E-state index contributed by atoms with van der Waals surface area (Å²) in [5.74, 6) is 0.552. The summed E-state index contributed by atoms with van der Waals surface area (Å²) in [6.07, 6.45) is 3.60. The van der Waals surface area contributed by atoms with Crippen LogP contribution >= 0.6 is 0 Å². The van der Waals surface area contributed by atoms with Crippen LogP contribution in [-0.2, 0) is 9.47 Å². The van der Waals surface area contributed by atoms with Gasteiger partial charge >= 0.3 is 6.09 Å². The number of methoxy groups -OCH3 is 1. The van der Waals surface area contributed by atoms with Gasteiger partial charge in [-0.05, 0) is 72.7 Å². The molecule has 1 aromatic carbocycles. The molecule has 188 valence electrons. The van der Waals surface area contributed by atoms with Crippen LogP contribution in [0.25, 0.3) is 0 Å². The Balaban J connectivity index is 0.000000335. The average molecular weight is 466 g/mol. The summed E-state index contributed by atoms with van der Waals surface area (Å²) < 4.78 is 15.7. The van der Waals surface area contributed by atoms with E-state index in [-0.39, 0.29) is 6.09 Å². The van der Waals surface area contributed by atoms with Crippen LogP contribution in [0.15, 0.2) is 18.2 Å². The maximum absolute atomic E-state index is 12.0. The van der Waals surface area contributed by atoms with E-state index in [2.05, 4.69) is 25.8 Å². The SMILES string of the molecule is CC(C)N(C)[C@@H]1CCCN(C(=O)OC(C)(C)C)C1.COCCCOc1cc(C=O)ccc1N. The molecule has 1 saturated heterocycles. The normalized spacial score (nSPS) is 16.3. The van der Waals surface area contributed by atoms with E-state index in [1.165, 1.54) is 0 Å². The predicted molar refractivity (Wildman–Crippen MR) is 132 cm³/mol. The summed E-state index contributed by atoms with van der Waals surface area (Å²) in [4.78, 5) is 26.8. The van der Waals surface area contributed by atoms with Crippen molar-refractivity contribution in [3.8, 4) is 5.75 Å². The lowest BCUT2D eigenvalue weighted by molar-refractivity contribution is 0.0104. The summed E-state index contributed by atoms with van der Waals surface area (Å²) in [5, 5.41) is 0. The van der Waals surface area contributed by atoms with Crippen molar-refractivity contribution in [2.24, 2.45) is 0 Å². The molecule has 0 radical (unpaired) electrons. The van der Waals surface area contributed by atoms with Gasteiger partial charge in [0, 0.05) is 50.9 Å². The van der Waals surface area contributed by atoms with Crippen molar-refractivity contribution in [3.63, 3.8) is 0 Å². The van der Waals surface area contributed by atoms with Gasteiger partial charge < -0.3 is 24.8 Å². The van der Waals surface area contributed by atoms with Gasteiger partial charge in [-0.1, -0.05) is 0 Å². The lowest BCUT2D eigenvalue weighted by atomic mass is 10.0. The molecule has 0 aliphatic carbocycles. The van der Waals surface area contributed by atoms with Gasteiger partial charge in [0.25, 0.3) is 0 Å². The van der Waals surface area contributed by atoms with Crippen molar-refractivity contribution in [3.05, 3.63) is 23.8 Å². The summed E-state index contributed by atoms with van der Waals surface area (Å²) in [7, 11) is 3.77. The molecule has 0 unspecified atom stereocenters. The molecule has 1 aliphatic heterocycles. The average Bonchev–Trinajstić information content (AvgIpc) is 2.76. The number of ether oxygens (including phenoxy) is 3. The Morgan fingerprint density at radius 2 is 2.00 bits per heavy atom. The number of piperidine rings is 1. The van der Waals surface area contributed by atoms with E-state index in [1.54, 1.807) is 25.3 Å². The van der Waals surface area contributed by atoms with Gasteiger partial charge in [-0.25, -0.2) is 4.79 Å². The van der Waals surface area contributed by atoms with Gasteiger partial charge in [0.15, 0.2) is 0 Å². The van der Waals surface area contributed by atoms with Crippen molar-refractivity contribution in [1.82, 2.24) is 9.80 Å². The monoisotopic (exact) mass is 465 g/mol. The molecule has 1 aliphatic rings. The van der Waals surface area contributed by atoms with Crippen LogP contribution in [0.2, 0.25) is 0 Å². The number of hydrogen-bond donors (Lipinski definition) is 1. The Kier molecular flexibility index (Phi) is 12.2. The first kappa shape index (κ1) is 28.7. The molecule has 0 saturated carbocycles. The fourth-order valence-electron chi connectivity index (χ4n) is 3.34. The number of likely N-dealkylation sites (tertiary alicyclic amines) is 1. The van der Waals surface area contributed by atoms with Gasteiger partial charge in [-0.2, -0.15) is 0 Å². The number of aldehydes is 1. The predicted octanol–water partition coefficient (Wildman–Crippen LogP) is 4.22. The molecule has 1 atom stereocenters. The third kappa shape index (κ3) is 10.9. The molecular weight excluding hydrogens is 422 g/mol. The molecule has 1 amide bonds. The van der Waals surface area contributed by atoms with E-state index >= 15 is 0 Å². The number of nitrogens with two attached hydrogens (primary N) is 1. The number of benzene rings is 1. The Labute approximate surface area is 199 Å². The molecule has 0 spiro atoms. The van der Waals surface area contributed by atoms with Gasteiger partial charge in [0.2, 0.25) is 0 Å². The fourth-order valence-corrected chi connectivity index (χ4v) is 3.34. The Bertz CT molecular complexity index is 733. The first-order valence-corrected chi connectivity index (χ1v) is 11.6. The van der Waals surface area contributed by atoms with Crippen molar-refractivity contribution in [1.29, 1.82) is 0 Å². The minimum atomic E-state index is -0.409. The number of likely N-dealkylation sites (N-methyl/N-ethyl adjacent to an activating group) is 1. The van der Waals surface area contributed by atoms with E-state index in [0.29, 0.717) is 42.3 Å². The number of amides is 1. The number of nitrogens with zero attached hydrogens (tertiary/aromatic N) is 2. The zero-order valence-corrected chi connectivity index (χ0v) is 21.4. The molecule has 0 bridgehead atoms. The van der Waals surface area contributed by atoms with Gasteiger partial charge in [-0.3, -0.25) is 9.69 Å². The third-order valence-electron chi connectivity index (χ3n) is 5.36. The maximum atomic E-state index is 12.0. The maximum Gasteiger partial charge on any atom is 0.410 e. The molecule has 1 fully saturated rings. The topological polar surface area (TPSA) is 94.3 Å². The Morgan fingerprint density at radius 3 is 2.58 bits per heavy atom. The highest BCUT2D eigenvalue weighted by atomic mass is 16.6. The van der Waals surface area contributed by atoms with E-state index in [9.17, 15) is 9.59 Å². The second-order valence-electron chi connectivity index (χ2n) is 9.59. The minimum absolute atomic E-state index is 0.177. The summed E-state index contributed by atoms with van der Waals surface area (Å²) in [6.45, 7) is 12.9. The number of anilines is 1. The molecule has 2 N–H and O–H groups in total. The third-order valence-corrected chi connectivity index (χ3v) is 5.36. The van der Waals surface area contributed by atoms with Crippen LogP contribution < -0.4 is 10.5 Å². The molecular formula is C25H43N3O5. The number of nitrogen functional groups attached to an aromatic ring is 1. The first-order chi connectivity index (χ1) is 15.5. The summed E-state index contributed by atoms with van der Waals surface area (Å²) >= 11 is 0. The number of rotatable bonds is 8. The molecule has 1 heterocycles. The first-order valence-electron chi connectivity index (χ1n) is 11.6. The summed E-state index contributed by atoms with van der Waals surface area (Å²) in [6, 6.07) is 5.91. The van der Waals surface area contributed by atoms with Crippen LogP contribution in [0.5, 0.6) is 5.75 Å². The molecule has 8 nitrogen and oxygen atoms in total. The fraction of sp³-hybridized carbons (Fsp3) is 0.680. The molecule has 0 aromatic heterocycles. The van der Waals surface area contributed by atoms with Gasteiger partial charge in [0.05, 0.1) is 12.3 Å². The molecule has 1 aromatic rings. The van der Waals surface area contributed by atoms with Crippen LogP contribution in [0, 0.1) is 0 Å². The second-order valence-corrected chi connectivity index (χ2v) is 9.59. The van der Waals surface area contributed by atoms with Crippen LogP contribution in [-0.4, -0.2) is 80.3 Å². The lowest BCUT2D eigenvalue weighted by Gasteiger charge is -2.39. The molecule has 2 rings (SSSR count). The second kappa shape index (κ2) is 14.1. The van der Waals surface area contributed by atoms with Gasteiger partial charge in [-0.15, -0.1) is 0 Å². The highest BCUT2D eigenvalue weighted by molar-refractivity contribution is 5.77. The Morgan fingerprint density at radius 1 is 1.30 bits per heavy atom. The highest BCUT2D eigenvalue weighted by Crippen LogP contribution is 2.22. The summed E-state index contributed by atoms with van der Waals surface area (Å²) in [5.41, 5.74) is 6.38. The number of carbonyl (C=O) groups is 2. The standard InChI is InChI=1S/C14H28N2O2.C11H15NO3/c1-11(2)15(6)12-8-7-9-16(10-12)13(17)18-14(3,4)5;1-14-5-2-6-15-11-7-9(8-13)3-4-10(11)12/h11-12H,7-10H2,1-6H3;3-4,7-8H,2,5-6,12H2,1H3/t12-;/m1./s1. The van der Waals surface area contributed by atoms with Crippen LogP contribution in [0.4, 0.5) is 10.5 Å². The molecule has 8 heteroatoms. The quantitative estimate of drug-likeness (QED) is 0.349. The van der Waals surface area contributed by atoms with E-state index in [4.69, 9.17) is 19.9 Å². The lowest BCUT2D eigenvalue weighted by Crippen LogP contribution is -2.51.